The number of hydrogen-bond donors (Lipinski definition) is 1. The Morgan fingerprint density at radius 1 is 1.43 bits per heavy atom. The van der Waals surface area contributed by atoms with Crippen LogP contribution in [-0.2, 0) is 0 Å². The first-order valence-electron chi connectivity index (χ1n) is 4.95. The van der Waals surface area contributed by atoms with Crippen molar-refractivity contribution in [1.29, 1.82) is 0 Å². The molecule has 0 fully saturated rings. The molecule has 0 amide bonds. The topological polar surface area (TPSA) is 35.2 Å². The smallest absolute Gasteiger partial charge is 0.127 e. The maximum atomic E-state index is 5.78. The average molecular weight is 189 g/mol. The van der Waals surface area contributed by atoms with Gasteiger partial charge in [0.25, 0.3) is 0 Å². The molecule has 1 aromatic rings. The van der Waals surface area contributed by atoms with Gasteiger partial charge in [0.15, 0.2) is 0 Å². The van der Waals surface area contributed by atoms with E-state index in [2.05, 4.69) is 12.2 Å². The zero-order chi connectivity index (χ0) is 9.97. The number of ether oxygens (including phenoxy) is 1. The number of nitrogens with two attached hydrogens (primary N) is 1. The molecular formula is C12H15NO. The van der Waals surface area contributed by atoms with Gasteiger partial charge in [0.05, 0.1) is 0 Å². The van der Waals surface area contributed by atoms with Crippen LogP contribution in [-0.4, -0.2) is 12.1 Å². The molecule has 2 unspecified atom stereocenters. The second kappa shape index (κ2) is 3.84. The minimum atomic E-state index is 0.130. The highest BCUT2D eigenvalue weighted by atomic mass is 16.5. The highest BCUT2D eigenvalue weighted by molar-refractivity contribution is 5.59. The molecule has 0 saturated carbocycles. The molecule has 0 aromatic heterocycles. The summed E-state index contributed by atoms with van der Waals surface area (Å²) < 4.78 is 5.78. The van der Waals surface area contributed by atoms with Crippen LogP contribution in [0.2, 0.25) is 0 Å². The average Bonchev–Trinajstić information content (AvgIpc) is 2.17. The normalized spacial score (nSPS) is 21.1. The molecule has 0 bridgehead atoms. The molecule has 2 nitrogen and oxygen atoms in total. The number of fused-ring (bicyclic) bond motifs is 1. The summed E-state index contributed by atoms with van der Waals surface area (Å²) in [6, 6.07) is 8.22. The third-order valence-corrected chi connectivity index (χ3v) is 2.29. The minimum Gasteiger partial charge on any atom is -0.486 e. The van der Waals surface area contributed by atoms with Gasteiger partial charge in [0.1, 0.15) is 11.9 Å². The van der Waals surface area contributed by atoms with Gasteiger partial charge in [-0.1, -0.05) is 24.3 Å². The van der Waals surface area contributed by atoms with Crippen molar-refractivity contribution >= 4 is 6.08 Å². The summed E-state index contributed by atoms with van der Waals surface area (Å²) in [5.41, 5.74) is 6.88. The van der Waals surface area contributed by atoms with Gasteiger partial charge >= 0.3 is 0 Å². The van der Waals surface area contributed by atoms with Crippen molar-refractivity contribution < 1.29 is 4.74 Å². The third-order valence-electron chi connectivity index (χ3n) is 2.29. The molecule has 74 valence electrons. The van der Waals surface area contributed by atoms with Gasteiger partial charge in [-0.05, 0) is 19.1 Å². The van der Waals surface area contributed by atoms with Gasteiger partial charge < -0.3 is 10.5 Å². The highest BCUT2D eigenvalue weighted by Crippen LogP contribution is 2.26. The van der Waals surface area contributed by atoms with Crippen LogP contribution in [0.1, 0.15) is 18.9 Å². The van der Waals surface area contributed by atoms with Crippen LogP contribution in [0.25, 0.3) is 6.08 Å². The summed E-state index contributed by atoms with van der Waals surface area (Å²) in [7, 11) is 0. The van der Waals surface area contributed by atoms with Gasteiger partial charge in [-0.25, -0.2) is 0 Å². The molecule has 2 atom stereocenters. The van der Waals surface area contributed by atoms with Crippen molar-refractivity contribution in [3.05, 3.63) is 35.9 Å². The van der Waals surface area contributed by atoms with E-state index in [1.165, 1.54) is 0 Å². The lowest BCUT2D eigenvalue weighted by Gasteiger charge is -2.22. The minimum absolute atomic E-state index is 0.130. The lowest BCUT2D eigenvalue weighted by molar-refractivity contribution is 0.227. The Balaban J connectivity index is 2.13. The van der Waals surface area contributed by atoms with Crippen LogP contribution in [0.3, 0.4) is 0 Å². The fraction of sp³-hybridized carbons (Fsp3) is 0.333. The Bertz CT molecular complexity index is 344. The summed E-state index contributed by atoms with van der Waals surface area (Å²) in [5, 5.41) is 0. The molecule has 14 heavy (non-hydrogen) atoms. The first kappa shape index (κ1) is 9.28. The van der Waals surface area contributed by atoms with E-state index >= 15 is 0 Å². The molecule has 1 aliphatic rings. The maximum absolute atomic E-state index is 5.78. The van der Waals surface area contributed by atoms with E-state index in [0.717, 1.165) is 17.7 Å². The Morgan fingerprint density at radius 2 is 2.21 bits per heavy atom. The van der Waals surface area contributed by atoms with Crippen molar-refractivity contribution in [2.75, 3.05) is 0 Å². The zero-order valence-electron chi connectivity index (χ0n) is 8.31. The molecule has 0 radical (unpaired) electrons. The fourth-order valence-electron chi connectivity index (χ4n) is 1.63. The lowest BCUT2D eigenvalue weighted by Crippen LogP contribution is -2.26. The molecular weight excluding hydrogens is 174 g/mol. The van der Waals surface area contributed by atoms with Crippen LogP contribution < -0.4 is 10.5 Å². The molecule has 2 rings (SSSR count). The van der Waals surface area contributed by atoms with Crippen LogP contribution in [0.5, 0.6) is 5.75 Å². The van der Waals surface area contributed by atoms with E-state index < -0.39 is 0 Å². The van der Waals surface area contributed by atoms with Gasteiger partial charge in [0.2, 0.25) is 0 Å². The molecule has 0 aliphatic carbocycles. The molecule has 0 spiro atoms. The first-order valence-corrected chi connectivity index (χ1v) is 4.95. The van der Waals surface area contributed by atoms with Crippen molar-refractivity contribution in [2.24, 2.45) is 5.73 Å². The standard InChI is InChI=1S/C12H15NO/c1-9(13)8-11-7-6-10-4-2-3-5-12(10)14-11/h2-7,9,11H,8,13H2,1H3. The second-order valence-electron chi connectivity index (χ2n) is 3.77. The van der Waals surface area contributed by atoms with E-state index in [0.29, 0.717) is 0 Å². The Kier molecular flexibility index (Phi) is 2.55. The monoisotopic (exact) mass is 189 g/mol. The van der Waals surface area contributed by atoms with Crippen molar-refractivity contribution in [3.63, 3.8) is 0 Å². The van der Waals surface area contributed by atoms with Gasteiger partial charge in [-0.15, -0.1) is 0 Å². The van der Waals surface area contributed by atoms with Crippen LogP contribution >= 0.6 is 0 Å². The van der Waals surface area contributed by atoms with E-state index in [1.54, 1.807) is 0 Å². The SMILES string of the molecule is CC(N)CC1C=Cc2ccccc2O1. The fourth-order valence-corrected chi connectivity index (χ4v) is 1.63. The molecule has 1 aliphatic heterocycles. The van der Waals surface area contributed by atoms with E-state index in [4.69, 9.17) is 10.5 Å². The molecule has 0 saturated heterocycles. The van der Waals surface area contributed by atoms with Crippen molar-refractivity contribution in [2.45, 2.75) is 25.5 Å². The van der Waals surface area contributed by atoms with Crippen molar-refractivity contribution in [1.82, 2.24) is 0 Å². The highest BCUT2D eigenvalue weighted by Gasteiger charge is 2.14. The third kappa shape index (κ3) is 1.96. The second-order valence-corrected chi connectivity index (χ2v) is 3.77. The quantitative estimate of drug-likeness (QED) is 0.774. The van der Waals surface area contributed by atoms with Gasteiger partial charge in [0, 0.05) is 18.0 Å². The summed E-state index contributed by atoms with van der Waals surface area (Å²) in [5.74, 6) is 0.959. The molecule has 2 heteroatoms. The van der Waals surface area contributed by atoms with E-state index in [-0.39, 0.29) is 12.1 Å². The molecule has 1 heterocycles. The number of benzene rings is 1. The largest absolute Gasteiger partial charge is 0.486 e. The van der Waals surface area contributed by atoms with Gasteiger partial charge in [-0.2, -0.15) is 0 Å². The predicted molar refractivity (Wildman–Crippen MR) is 58.2 cm³/mol. The van der Waals surface area contributed by atoms with E-state index in [9.17, 15) is 0 Å². The summed E-state index contributed by atoms with van der Waals surface area (Å²) in [6.45, 7) is 2.00. The zero-order valence-corrected chi connectivity index (χ0v) is 8.31. The predicted octanol–water partition coefficient (Wildman–Crippen LogP) is 2.20. The van der Waals surface area contributed by atoms with Crippen LogP contribution in [0.4, 0.5) is 0 Å². The maximum Gasteiger partial charge on any atom is 0.127 e. The Labute approximate surface area is 84.4 Å². The number of rotatable bonds is 2. The lowest BCUT2D eigenvalue weighted by atomic mass is 10.1. The Morgan fingerprint density at radius 3 is 3.00 bits per heavy atom. The van der Waals surface area contributed by atoms with Crippen LogP contribution in [0, 0.1) is 0 Å². The van der Waals surface area contributed by atoms with Gasteiger partial charge in [-0.3, -0.25) is 0 Å². The first-order chi connectivity index (χ1) is 6.75. The summed E-state index contributed by atoms with van der Waals surface area (Å²) in [4.78, 5) is 0. The molecule has 2 N–H and O–H groups in total. The van der Waals surface area contributed by atoms with E-state index in [1.807, 2.05) is 31.2 Å². The number of hydrogen-bond acceptors (Lipinski definition) is 2. The molecule has 1 aromatic carbocycles. The number of para-hydroxylation sites is 1. The van der Waals surface area contributed by atoms with Crippen LogP contribution in [0.15, 0.2) is 30.3 Å². The summed E-state index contributed by atoms with van der Waals surface area (Å²) >= 11 is 0. The Hall–Kier alpha value is -1.28. The summed E-state index contributed by atoms with van der Waals surface area (Å²) in [6.07, 6.45) is 5.17. The van der Waals surface area contributed by atoms with Crippen molar-refractivity contribution in [3.8, 4) is 5.75 Å².